The number of ether oxygens (including phenoxy) is 1. The summed E-state index contributed by atoms with van der Waals surface area (Å²) >= 11 is 0. The molecule has 0 heterocycles. The van der Waals surface area contributed by atoms with Gasteiger partial charge < -0.3 is 10.1 Å². The minimum Gasteiger partial charge on any atom is -0.378 e. The summed E-state index contributed by atoms with van der Waals surface area (Å²) in [4.78, 5) is 0. The van der Waals surface area contributed by atoms with Gasteiger partial charge in [-0.2, -0.15) is 0 Å². The van der Waals surface area contributed by atoms with Crippen molar-refractivity contribution in [2.75, 3.05) is 13.2 Å². The highest BCUT2D eigenvalue weighted by molar-refractivity contribution is 5.02. The third kappa shape index (κ3) is 2.37. The second-order valence-corrected chi connectivity index (χ2v) is 4.59. The summed E-state index contributed by atoms with van der Waals surface area (Å²) in [5, 5.41) is 3.55. The predicted molar refractivity (Wildman–Crippen MR) is 60.4 cm³/mol. The fourth-order valence-electron chi connectivity index (χ4n) is 2.08. The second-order valence-electron chi connectivity index (χ2n) is 4.59. The third-order valence-electron chi connectivity index (χ3n) is 3.28. The summed E-state index contributed by atoms with van der Waals surface area (Å²) < 4.78 is 5.67. The van der Waals surface area contributed by atoms with E-state index < -0.39 is 0 Å². The molecule has 0 saturated heterocycles. The Balaban J connectivity index is 2.27. The van der Waals surface area contributed by atoms with E-state index in [1.807, 2.05) is 6.08 Å². The minimum absolute atomic E-state index is 0.289. The fourth-order valence-corrected chi connectivity index (χ4v) is 2.08. The zero-order chi connectivity index (χ0) is 10.6. The van der Waals surface area contributed by atoms with Crippen molar-refractivity contribution in [2.24, 2.45) is 5.41 Å². The first-order valence-electron chi connectivity index (χ1n) is 5.58. The van der Waals surface area contributed by atoms with Gasteiger partial charge in [0, 0.05) is 18.1 Å². The Kier molecular flexibility index (Phi) is 4.14. The Morgan fingerprint density at radius 3 is 2.79 bits per heavy atom. The Hall–Kier alpha value is -0.340. The van der Waals surface area contributed by atoms with Gasteiger partial charge in [-0.1, -0.05) is 19.9 Å². The standard InChI is InChI=1S/C12H23NO/c1-5-7-8-13-10-9-11(14-6-2)12(10,3)4/h5,10-11,13H,1,6-9H2,2-4H3. The molecule has 0 aromatic heterocycles. The average Bonchev–Trinajstić information content (AvgIpc) is 2.15. The van der Waals surface area contributed by atoms with Crippen LogP contribution in [0.5, 0.6) is 0 Å². The topological polar surface area (TPSA) is 21.3 Å². The predicted octanol–water partition coefficient (Wildman–Crippen LogP) is 2.36. The van der Waals surface area contributed by atoms with Crippen LogP contribution < -0.4 is 5.32 Å². The van der Waals surface area contributed by atoms with E-state index in [0.717, 1.165) is 26.0 Å². The van der Waals surface area contributed by atoms with Crippen LogP contribution in [0, 0.1) is 5.41 Å². The number of hydrogen-bond donors (Lipinski definition) is 1. The highest BCUT2D eigenvalue weighted by Gasteiger charge is 2.48. The average molecular weight is 197 g/mol. The van der Waals surface area contributed by atoms with Gasteiger partial charge in [0.15, 0.2) is 0 Å². The van der Waals surface area contributed by atoms with Gasteiger partial charge in [0.2, 0.25) is 0 Å². The molecular formula is C12H23NO. The Labute approximate surface area is 87.7 Å². The Bertz CT molecular complexity index is 189. The van der Waals surface area contributed by atoms with Crippen molar-refractivity contribution in [3.63, 3.8) is 0 Å². The van der Waals surface area contributed by atoms with Gasteiger partial charge in [-0.05, 0) is 26.3 Å². The van der Waals surface area contributed by atoms with Gasteiger partial charge in [0.05, 0.1) is 6.10 Å². The molecule has 0 aliphatic heterocycles. The molecule has 82 valence electrons. The van der Waals surface area contributed by atoms with E-state index in [4.69, 9.17) is 4.74 Å². The third-order valence-corrected chi connectivity index (χ3v) is 3.28. The molecule has 1 fully saturated rings. The molecule has 2 nitrogen and oxygen atoms in total. The molecule has 2 atom stereocenters. The first-order valence-corrected chi connectivity index (χ1v) is 5.58. The maximum atomic E-state index is 5.67. The summed E-state index contributed by atoms with van der Waals surface area (Å²) in [6.07, 6.45) is 4.59. The van der Waals surface area contributed by atoms with Crippen LogP contribution in [0.15, 0.2) is 12.7 Å². The molecule has 0 radical (unpaired) electrons. The monoisotopic (exact) mass is 197 g/mol. The van der Waals surface area contributed by atoms with Crippen molar-refractivity contribution < 1.29 is 4.74 Å². The van der Waals surface area contributed by atoms with Crippen LogP contribution in [0.4, 0.5) is 0 Å². The molecule has 0 amide bonds. The van der Waals surface area contributed by atoms with E-state index in [-0.39, 0.29) is 5.41 Å². The van der Waals surface area contributed by atoms with E-state index in [0.29, 0.717) is 12.1 Å². The first-order chi connectivity index (χ1) is 6.62. The van der Waals surface area contributed by atoms with E-state index >= 15 is 0 Å². The molecule has 1 N–H and O–H groups in total. The molecule has 1 aliphatic carbocycles. The summed E-state index contributed by atoms with van der Waals surface area (Å²) in [6, 6.07) is 0.610. The molecule has 0 spiro atoms. The van der Waals surface area contributed by atoms with Crippen LogP contribution in [0.2, 0.25) is 0 Å². The van der Waals surface area contributed by atoms with Crippen molar-refractivity contribution >= 4 is 0 Å². The molecule has 0 bridgehead atoms. The Morgan fingerprint density at radius 2 is 2.29 bits per heavy atom. The van der Waals surface area contributed by atoms with Crippen LogP contribution in [0.3, 0.4) is 0 Å². The molecule has 0 aromatic rings. The maximum absolute atomic E-state index is 5.67. The zero-order valence-electron chi connectivity index (χ0n) is 9.68. The van der Waals surface area contributed by atoms with Gasteiger partial charge in [0.1, 0.15) is 0 Å². The molecule has 1 rings (SSSR count). The molecule has 1 saturated carbocycles. The highest BCUT2D eigenvalue weighted by Crippen LogP contribution is 2.42. The van der Waals surface area contributed by atoms with E-state index in [9.17, 15) is 0 Å². The second kappa shape index (κ2) is 4.94. The SMILES string of the molecule is C=CCCNC1CC(OCC)C1(C)C. The van der Waals surface area contributed by atoms with Crippen LogP contribution in [-0.2, 0) is 4.74 Å². The number of nitrogens with one attached hydrogen (secondary N) is 1. The lowest BCUT2D eigenvalue weighted by molar-refractivity contribution is -0.113. The number of rotatable bonds is 6. The van der Waals surface area contributed by atoms with Gasteiger partial charge in [-0.15, -0.1) is 6.58 Å². The summed E-state index contributed by atoms with van der Waals surface area (Å²) in [7, 11) is 0. The van der Waals surface area contributed by atoms with Crippen molar-refractivity contribution in [3.05, 3.63) is 12.7 Å². The normalized spacial score (nSPS) is 29.6. The van der Waals surface area contributed by atoms with Crippen molar-refractivity contribution in [3.8, 4) is 0 Å². The molecule has 2 heteroatoms. The largest absolute Gasteiger partial charge is 0.378 e. The summed E-state index contributed by atoms with van der Waals surface area (Å²) in [6.45, 7) is 12.2. The van der Waals surface area contributed by atoms with Crippen molar-refractivity contribution in [1.82, 2.24) is 5.32 Å². The number of hydrogen-bond acceptors (Lipinski definition) is 2. The lowest BCUT2D eigenvalue weighted by atomic mass is 9.64. The summed E-state index contributed by atoms with van der Waals surface area (Å²) in [5.74, 6) is 0. The highest BCUT2D eigenvalue weighted by atomic mass is 16.5. The van der Waals surface area contributed by atoms with Gasteiger partial charge in [-0.3, -0.25) is 0 Å². The zero-order valence-corrected chi connectivity index (χ0v) is 9.68. The van der Waals surface area contributed by atoms with Crippen LogP contribution >= 0.6 is 0 Å². The first kappa shape index (κ1) is 11.7. The van der Waals surface area contributed by atoms with Gasteiger partial charge in [-0.25, -0.2) is 0 Å². The van der Waals surface area contributed by atoms with E-state index in [2.05, 4.69) is 32.7 Å². The quantitative estimate of drug-likeness (QED) is 0.521. The van der Waals surface area contributed by atoms with E-state index in [1.54, 1.807) is 0 Å². The molecular weight excluding hydrogens is 174 g/mol. The van der Waals surface area contributed by atoms with Crippen LogP contribution in [0.1, 0.15) is 33.6 Å². The Morgan fingerprint density at radius 1 is 1.57 bits per heavy atom. The van der Waals surface area contributed by atoms with Gasteiger partial charge >= 0.3 is 0 Å². The maximum Gasteiger partial charge on any atom is 0.0655 e. The lowest BCUT2D eigenvalue weighted by Crippen LogP contribution is -2.61. The molecule has 1 aliphatic rings. The minimum atomic E-state index is 0.289. The smallest absolute Gasteiger partial charge is 0.0655 e. The lowest BCUT2D eigenvalue weighted by Gasteiger charge is -2.52. The van der Waals surface area contributed by atoms with Gasteiger partial charge in [0.25, 0.3) is 0 Å². The molecule has 2 unspecified atom stereocenters. The van der Waals surface area contributed by atoms with Crippen molar-refractivity contribution in [1.29, 1.82) is 0 Å². The molecule has 14 heavy (non-hydrogen) atoms. The van der Waals surface area contributed by atoms with E-state index in [1.165, 1.54) is 0 Å². The molecule has 0 aromatic carbocycles. The van der Waals surface area contributed by atoms with Crippen LogP contribution in [0.25, 0.3) is 0 Å². The van der Waals surface area contributed by atoms with Crippen molar-refractivity contribution in [2.45, 2.75) is 45.8 Å². The summed E-state index contributed by atoms with van der Waals surface area (Å²) in [5.41, 5.74) is 0.289. The van der Waals surface area contributed by atoms with Crippen LogP contribution in [-0.4, -0.2) is 25.3 Å². The fraction of sp³-hybridized carbons (Fsp3) is 0.833.